The second-order valence-corrected chi connectivity index (χ2v) is 3.77. The van der Waals surface area contributed by atoms with Crippen molar-refractivity contribution in [2.24, 2.45) is 11.1 Å². The van der Waals surface area contributed by atoms with Gasteiger partial charge in [-0.1, -0.05) is 19.4 Å². The Bertz CT molecular complexity index is 255. The van der Waals surface area contributed by atoms with Crippen molar-refractivity contribution in [1.29, 1.82) is 0 Å². The first kappa shape index (κ1) is 10.8. The first-order valence-electron chi connectivity index (χ1n) is 4.81. The summed E-state index contributed by atoms with van der Waals surface area (Å²) in [5.41, 5.74) is 4.83. The van der Waals surface area contributed by atoms with Crippen LogP contribution in [0.1, 0.15) is 25.7 Å². The zero-order valence-corrected chi connectivity index (χ0v) is 8.21. The summed E-state index contributed by atoms with van der Waals surface area (Å²) in [5, 5.41) is 2.64. The fraction of sp³-hybridized carbons (Fsp3) is 0.600. The lowest BCUT2D eigenvalue weighted by Crippen LogP contribution is -2.44. The summed E-state index contributed by atoms with van der Waals surface area (Å²) < 4.78 is 0. The average molecular weight is 196 g/mol. The summed E-state index contributed by atoms with van der Waals surface area (Å²) in [6.07, 6.45) is 4.77. The van der Waals surface area contributed by atoms with Gasteiger partial charge in [0.15, 0.2) is 0 Å². The molecule has 0 bridgehead atoms. The SMILES string of the molecule is C=CC(=O)NCC1(C(N)=O)CCCC1. The molecule has 0 aromatic rings. The van der Waals surface area contributed by atoms with E-state index in [4.69, 9.17) is 5.73 Å². The Morgan fingerprint density at radius 2 is 2.00 bits per heavy atom. The van der Waals surface area contributed by atoms with E-state index in [0.717, 1.165) is 25.7 Å². The van der Waals surface area contributed by atoms with Crippen molar-refractivity contribution in [1.82, 2.24) is 5.32 Å². The minimum absolute atomic E-state index is 0.252. The second-order valence-electron chi connectivity index (χ2n) is 3.77. The highest BCUT2D eigenvalue weighted by atomic mass is 16.2. The lowest BCUT2D eigenvalue weighted by atomic mass is 9.85. The molecule has 0 aromatic carbocycles. The van der Waals surface area contributed by atoms with Crippen LogP contribution in [0.2, 0.25) is 0 Å². The third-order valence-corrected chi connectivity index (χ3v) is 2.87. The van der Waals surface area contributed by atoms with Crippen LogP contribution in [0.5, 0.6) is 0 Å². The smallest absolute Gasteiger partial charge is 0.243 e. The first-order chi connectivity index (χ1) is 6.60. The summed E-state index contributed by atoms with van der Waals surface area (Å²) >= 11 is 0. The van der Waals surface area contributed by atoms with Crippen LogP contribution in [-0.4, -0.2) is 18.4 Å². The second kappa shape index (κ2) is 4.26. The van der Waals surface area contributed by atoms with E-state index in [1.165, 1.54) is 6.08 Å². The summed E-state index contributed by atoms with van der Waals surface area (Å²) in [4.78, 5) is 22.2. The van der Waals surface area contributed by atoms with E-state index in [1.54, 1.807) is 0 Å². The van der Waals surface area contributed by atoms with Gasteiger partial charge in [-0.2, -0.15) is 0 Å². The van der Waals surface area contributed by atoms with Gasteiger partial charge in [0.2, 0.25) is 11.8 Å². The molecular weight excluding hydrogens is 180 g/mol. The number of hydrogen-bond donors (Lipinski definition) is 2. The molecule has 2 amide bonds. The van der Waals surface area contributed by atoms with Gasteiger partial charge >= 0.3 is 0 Å². The maximum Gasteiger partial charge on any atom is 0.243 e. The number of carbonyl (C=O) groups is 2. The molecule has 1 fully saturated rings. The van der Waals surface area contributed by atoms with Gasteiger partial charge in [-0.25, -0.2) is 0 Å². The molecule has 78 valence electrons. The number of nitrogens with one attached hydrogen (secondary N) is 1. The molecule has 3 N–H and O–H groups in total. The molecular formula is C10H16N2O2. The largest absolute Gasteiger partial charge is 0.369 e. The molecule has 4 nitrogen and oxygen atoms in total. The van der Waals surface area contributed by atoms with Crippen LogP contribution >= 0.6 is 0 Å². The zero-order chi connectivity index (χ0) is 10.6. The van der Waals surface area contributed by atoms with Crippen LogP contribution in [-0.2, 0) is 9.59 Å². The molecule has 14 heavy (non-hydrogen) atoms. The van der Waals surface area contributed by atoms with Gasteiger partial charge in [0.05, 0.1) is 5.41 Å². The van der Waals surface area contributed by atoms with Gasteiger partial charge in [0.1, 0.15) is 0 Å². The van der Waals surface area contributed by atoms with Crippen molar-refractivity contribution in [3.05, 3.63) is 12.7 Å². The van der Waals surface area contributed by atoms with E-state index in [0.29, 0.717) is 6.54 Å². The first-order valence-corrected chi connectivity index (χ1v) is 4.81. The lowest BCUT2D eigenvalue weighted by molar-refractivity contribution is -0.127. The normalized spacial score (nSPS) is 18.9. The van der Waals surface area contributed by atoms with Gasteiger partial charge < -0.3 is 11.1 Å². The fourth-order valence-corrected chi connectivity index (χ4v) is 1.89. The van der Waals surface area contributed by atoms with Crippen LogP contribution in [0.15, 0.2) is 12.7 Å². The number of rotatable bonds is 4. The summed E-state index contributed by atoms with van der Waals surface area (Å²) in [6.45, 7) is 3.69. The van der Waals surface area contributed by atoms with Crippen molar-refractivity contribution in [2.45, 2.75) is 25.7 Å². The molecule has 0 aromatic heterocycles. The topological polar surface area (TPSA) is 72.2 Å². The van der Waals surface area contributed by atoms with Gasteiger partial charge in [-0.15, -0.1) is 0 Å². The van der Waals surface area contributed by atoms with E-state index in [1.807, 2.05) is 0 Å². The molecule has 0 atom stereocenters. The molecule has 1 rings (SSSR count). The highest BCUT2D eigenvalue weighted by Crippen LogP contribution is 2.37. The van der Waals surface area contributed by atoms with Crippen molar-refractivity contribution in [2.75, 3.05) is 6.54 Å². The molecule has 0 aliphatic heterocycles. The van der Waals surface area contributed by atoms with Crippen molar-refractivity contribution < 1.29 is 9.59 Å². The van der Waals surface area contributed by atoms with Crippen LogP contribution < -0.4 is 11.1 Å². The monoisotopic (exact) mass is 196 g/mol. The predicted octanol–water partition coefficient (Wildman–Crippen LogP) is 0.334. The molecule has 0 saturated heterocycles. The third-order valence-electron chi connectivity index (χ3n) is 2.87. The summed E-state index contributed by atoms with van der Waals surface area (Å²) in [7, 11) is 0. The third kappa shape index (κ3) is 2.13. The average Bonchev–Trinajstić information content (AvgIpc) is 2.64. The molecule has 4 heteroatoms. The van der Waals surface area contributed by atoms with Crippen molar-refractivity contribution >= 4 is 11.8 Å². The highest BCUT2D eigenvalue weighted by molar-refractivity contribution is 5.88. The quantitative estimate of drug-likeness (QED) is 0.636. The van der Waals surface area contributed by atoms with E-state index in [9.17, 15) is 9.59 Å². The summed E-state index contributed by atoms with van der Waals surface area (Å²) in [5.74, 6) is -0.558. The van der Waals surface area contributed by atoms with E-state index in [2.05, 4.69) is 11.9 Å². The Kier molecular flexibility index (Phi) is 3.28. The van der Waals surface area contributed by atoms with Crippen molar-refractivity contribution in [3.8, 4) is 0 Å². The number of carbonyl (C=O) groups excluding carboxylic acids is 2. The number of hydrogen-bond acceptors (Lipinski definition) is 2. The highest BCUT2D eigenvalue weighted by Gasteiger charge is 2.39. The van der Waals surface area contributed by atoms with Gasteiger partial charge in [0.25, 0.3) is 0 Å². The van der Waals surface area contributed by atoms with Crippen LogP contribution in [0.25, 0.3) is 0 Å². The van der Waals surface area contributed by atoms with E-state index in [-0.39, 0.29) is 11.8 Å². The van der Waals surface area contributed by atoms with Crippen LogP contribution in [0.3, 0.4) is 0 Å². The molecule has 0 heterocycles. The molecule has 1 aliphatic rings. The minimum atomic E-state index is -0.515. The minimum Gasteiger partial charge on any atom is -0.369 e. The maximum absolute atomic E-state index is 11.3. The predicted molar refractivity (Wildman–Crippen MR) is 53.3 cm³/mol. The maximum atomic E-state index is 11.3. The summed E-state index contributed by atoms with van der Waals surface area (Å²) in [6, 6.07) is 0. The van der Waals surface area contributed by atoms with Gasteiger partial charge in [0, 0.05) is 6.54 Å². The molecule has 0 radical (unpaired) electrons. The molecule has 0 spiro atoms. The van der Waals surface area contributed by atoms with Crippen molar-refractivity contribution in [3.63, 3.8) is 0 Å². The van der Waals surface area contributed by atoms with Gasteiger partial charge in [-0.3, -0.25) is 9.59 Å². The van der Waals surface area contributed by atoms with Gasteiger partial charge in [-0.05, 0) is 18.9 Å². The Labute approximate surface area is 83.5 Å². The van der Waals surface area contributed by atoms with Crippen LogP contribution in [0, 0.1) is 5.41 Å². The standard InChI is InChI=1S/C10H16N2O2/c1-2-8(13)12-7-10(9(11)14)5-3-4-6-10/h2H,1,3-7H2,(H2,11,14)(H,12,13). The zero-order valence-electron chi connectivity index (χ0n) is 8.21. The Morgan fingerprint density at radius 3 is 2.43 bits per heavy atom. The Balaban J connectivity index is 2.56. The molecule has 1 aliphatic carbocycles. The molecule has 1 saturated carbocycles. The number of primary amides is 1. The number of nitrogens with two attached hydrogens (primary N) is 1. The van der Waals surface area contributed by atoms with E-state index < -0.39 is 5.41 Å². The molecule has 0 unspecified atom stereocenters. The van der Waals surface area contributed by atoms with Crippen LogP contribution in [0.4, 0.5) is 0 Å². The van der Waals surface area contributed by atoms with E-state index >= 15 is 0 Å². The number of amides is 2. The Morgan fingerprint density at radius 1 is 1.43 bits per heavy atom. The Hall–Kier alpha value is -1.32. The lowest BCUT2D eigenvalue weighted by Gasteiger charge is -2.24. The fourth-order valence-electron chi connectivity index (χ4n) is 1.89.